The van der Waals surface area contributed by atoms with Gasteiger partial charge in [-0.05, 0) is 37.1 Å². The van der Waals surface area contributed by atoms with Crippen molar-refractivity contribution >= 4 is 39.1 Å². The molecule has 0 spiro atoms. The average molecular weight is 482 g/mol. The van der Waals surface area contributed by atoms with Crippen LogP contribution in [-0.4, -0.2) is 54.5 Å². The smallest absolute Gasteiger partial charge is 0.313 e. The fourth-order valence-corrected chi connectivity index (χ4v) is 6.18. The van der Waals surface area contributed by atoms with Gasteiger partial charge < -0.3 is 14.5 Å². The molecule has 2 aliphatic rings. The summed E-state index contributed by atoms with van der Waals surface area (Å²) in [5.41, 5.74) is 0.908. The molecular weight excluding hydrogens is 453 g/mol. The number of rotatable bonds is 6. The second-order valence-electron chi connectivity index (χ2n) is 9.13. The van der Waals surface area contributed by atoms with Gasteiger partial charge in [0.2, 0.25) is 0 Å². The number of thiazole rings is 1. The molecule has 3 aromatic rings. The molecule has 6 nitrogen and oxygen atoms in total. The molecule has 1 aliphatic carbocycles. The maximum absolute atomic E-state index is 14.1. The van der Waals surface area contributed by atoms with Crippen LogP contribution < -0.4 is 4.90 Å². The van der Waals surface area contributed by atoms with E-state index >= 15 is 0 Å². The number of carbonyl (C=O) groups excluding carboxylic acids is 2. The molecule has 5 rings (SSSR count). The Bertz CT molecular complexity index is 1150. The molecule has 1 saturated heterocycles. The van der Waals surface area contributed by atoms with Crippen molar-refractivity contribution in [1.29, 1.82) is 0 Å². The fraction of sp³-hybridized carbons (Fsp3) is 0.423. The number of fused-ring (bicyclic) bond motifs is 1. The highest BCUT2D eigenvalue weighted by atomic mass is 32.1. The summed E-state index contributed by atoms with van der Waals surface area (Å²) in [5.74, 6) is -0.747. The topological polar surface area (TPSA) is 62.7 Å². The summed E-state index contributed by atoms with van der Waals surface area (Å²) >= 11 is 1.62. The van der Waals surface area contributed by atoms with Crippen LogP contribution in [-0.2, 0) is 20.7 Å². The van der Waals surface area contributed by atoms with Gasteiger partial charge in [0.25, 0.3) is 5.91 Å². The third-order valence-electron chi connectivity index (χ3n) is 6.97. The molecule has 1 saturated carbocycles. The SMILES string of the molecule is O=C(COC(=O)C1(Cc2nc3ccccc3s2)CCCC1)N1CCN(c2ccccc2F)CC1. The number of esters is 1. The van der Waals surface area contributed by atoms with Gasteiger partial charge in [0.15, 0.2) is 6.61 Å². The molecule has 8 heteroatoms. The number of hydrogen-bond acceptors (Lipinski definition) is 6. The van der Waals surface area contributed by atoms with Crippen LogP contribution in [0.4, 0.5) is 10.1 Å². The molecule has 2 fully saturated rings. The van der Waals surface area contributed by atoms with E-state index < -0.39 is 5.41 Å². The first kappa shape index (κ1) is 22.8. The molecule has 1 amide bonds. The highest BCUT2D eigenvalue weighted by Crippen LogP contribution is 2.43. The maximum atomic E-state index is 14.1. The Morgan fingerprint density at radius 3 is 2.44 bits per heavy atom. The summed E-state index contributed by atoms with van der Waals surface area (Å²) in [6.07, 6.45) is 4.03. The zero-order chi connectivity index (χ0) is 23.5. The predicted octanol–water partition coefficient (Wildman–Crippen LogP) is 4.43. The van der Waals surface area contributed by atoms with Gasteiger partial charge in [-0.2, -0.15) is 0 Å². The predicted molar refractivity (Wildman–Crippen MR) is 130 cm³/mol. The Morgan fingerprint density at radius 2 is 1.71 bits per heavy atom. The minimum Gasteiger partial charge on any atom is -0.455 e. The normalized spacial score (nSPS) is 17.8. The minimum absolute atomic E-state index is 0.199. The quantitative estimate of drug-likeness (QED) is 0.488. The Kier molecular flexibility index (Phi) is 6.50. The number of benzene rings is 2. The third kappa shape index (κ3) is 4.64. The van der Waals surface area contributed by atoms with Gasteiger partial charge in [-0.15, -0.1) is 11.3 Å². The molecule has 34 heavy (non-hydrogen) atoms. The van der Waals surface area contributed by atoms with Gasteiger partial charge in [-0.3, -0.25) is 9.59 Å². The van der Waals surface area contributed by atoms with Gasteiger partial charge in [0, 0.05) is 32.6 Å². The zero-order valence-electron chi connectivity index (χ0n) is 19.0. The highest BCUT2D eigenvalue weighted by Gasteiger charge is 2.43. The largest absolute Gasteiger partial charge is 0.455 e. The van der Waals surface area contributed by atoms with Crippen molar-refractivity contribution in [3.8, 4) is 0 Å². The van der Waals surface area contributed by atoms with Crippen molar-refractivity contribution < 1.29 is 18.7 Å². The molecule has 0 radical (unpaired) electrons. The van der Waals surface area contributed by atoms with E-state index in [0.29, 0.717) is 38.3 Å². The minimum atomic E-state index is -0.600. The van der Waals surface area contributed by atoms with Gasteiger partial charge in [0.05, 0.1) is 26.3 Å². The number of aromatic nitrogens is 1. The first-order valence-electron chi connectivity index (χ1n) is 11.8. The van der Waals surface area contributed by atoms with E-state index in [1.165, 1.54) is 6.07 Å². The lowest BCUT2D eigenvalue weighted by atomic mass is 9.83. The van der Waals surface area contributed by atoms with Crippen LogP contribution in [0.1, 0.15) is 30.7 Å². The van der Waals surface area contributed by atoms with Gasteiger partial charge in [0.1, 0.15) is 5.82 Å². The van der Waals surface area contributed by atoms with Crippen LogP contribution in [0.25, 0.3) is 10.2 Å². The summed E-state index contributed by atoms with van der Waals surface area (Å²) in [6, 6.07) is 14.7. The Hall–Kier alpha value is -3.00. The maximum Gasteiger partial charge on any atom is 0.313 e. The molecule has 178 valence electrons. The summed E-state index contributed by atoms with van der Waals surface area (Å²) in [6.45, 7) is 1.79. The van der Waals surface area contributed by atoms with E-state index in [-0.39, 0.29) is 24.3 Å². The summed E-state index contributed by atoms with van der Waals surface area (Å²) in [5, 5.41) is 0.940. The number of hydrogen-bond donors (Lipinski definition) is 0. The molecule has 2 aromatic carbocycles. The molecular formula is C26H28FN3O3S. The van der Waals surface area contributed by atoms with E-state index in [4.69, 9.17) is 9.72 Å². The van der Waals surface area contributed by atoms with Crippen LogP contribution in [0.3, 0.4) is 0 Å². The number of ether oxygens (including phenoxy) is 1. The van der Waals surface area contributed by atoms with Crippen LogP contribution in [0, 0.1) is 11.2 Å². The standard InChI is InChI=1S/C26H28FN3O3S/c27-19-7-1-3-9-21(19)29-13-15-30(16-14-29)24(31)18-33-25(32)26(11-5-6-12-26)17-23-28-20-8-2-4-10-22(20)34-23/h1-4,7-10H,5-6,11-18H2. The van der Waals surface area contributed by atoms with Crippen LogP contribution >= 0.6 is 11.3 Å². The molecule has 0 unspecified atom stereocenters. The van der Waals surface area contributed by atoms with Crippen LogP contribution in [0.2, 0.25) is 0 Å². The van der Waals surface area contributed by atoms with E-state index in [0.717, 1.165) is 40.9 Å². The monoisotopic (exact) mass is 481 g/mol. The second kappa shape index (κ2) is 9.70. The number of para-hydroxylation sites is 2. The third-order valence-corrected chi connectivity index (χ3v) is 8.01. The Labute approximate surface area is 202 Å². The van der Waals surface area contributed by atoms with Gasteiger partial charge >= 0.3 is 5.97 Å². The van der Waals surface area contributed by atoms with Crippen molar-refractivity contribution in [2.24, 2.45) is 5.41 Å². The number of anilines is 1. The summed E-state index contributed by atoms with van der Waals surface area (Å²) in [4.78, 5) is 34.3. The number of nitrogens with zero attached hydrogens (tertiary/aromatic N) is 3. The molecule has 1 aromatic heterocycles. The first-order valence-corrected chi connectivity index (χ1v) is 12.6. The van der Waals surface area contributed by atoms with Gasteiger partial charge in [-0.1, -0.05) is 37.1 Å². The molecule has 0 bridgehead atoms. The van der Waals surface area contributed by atoms with Crippen molar-refractivity contribution in [2.45, 2.75) is 32.1 Å². The lowest BCUT2D eigenvalue weighted by Crippen LogP contribution is -2.50. The van der Waals surface area contributed by atoms with E-state index in [2.05, 4.69) is 0 Å². The van der Waals surface area contributed by atoms with Crippen molar-refractivity contribution in [3.05, 3.63) is 59.4 Å². The van der Waals surface area contributed by atoms with Crippen LogP contribution in [0.15, 0.2) is 48.5 Å². The van der Waals surface area contributed by atoms with E-state index in [1.807, 2.05) is 35.2 Å². The molecule has 0 atom stereocenters. The molecule has 1 aliphatic heterocycles. The van der Waals surface area contributed by atoms with Crippen molar-refractivity contribution in [3.63, 3.8) is 0 Å². The summed E-state index contributed by atoms with van der Waals surface area (Å²) in [7, 11) is 0. The Morgan fingerprint density at radius 1 is 1.00 bits per heavy atom. The van der Waals surface area contributed by atoms with E-state index in [1.54, 1.807) is 28.4 Å². The first-order chi connectivity index (χ1) is 16.5. The molecule has 0 N–H and O–H groups in total. The lowest BCUT2D eigenvalue weighted by Gasteiger charge is -2.36. The van der Waals surface area contributed by atoms with Crippen LogP contribution in [0.5, 0.6) is 0 Å². The number of halogens is 1. The van der Waals surface area contributed by atoms with Crippen molar-refractivity contribution in [1.82, 2.24) is 9.88 Å². The second-order valence-corrected chi connectivity index (χ2v) is 10.3. The zero-order valence-corrected chi connectivity index (χ0v) is 19.9. The highest BCUT2D eigenvalue weighted by molar-refractivity contribution is 7.18. The summed E-state index contributed by atoms with van der Waals surface area (Å²) < 4.78 is 20.8. The lowest BCUT2D eigenvalue weighted by molar-refractivity contribution is -0.161. The number of piperazine rings is 1. The average Bonchev–Trinajstić information content (AvgIpc) is 3.50. The number of carbonyl (C=O) groups is 2. The van der Waals surface area contributed by atoms with Crippen molar-refractivity contribution in [2.75, 3.05) is 37.7 Å². The Balaban J connectivity index is 1.17. The fourth-order valence-electron chi connectivity index (χ4n) is 5.07. The van der Waals surface area contributed by atoms with E-state index in [9.17, 15) is 14.0 Å². The molecule has 2 heterocycles. The number of amides is 1. The van der Waals surface area contributed by atoms with Gasteiger partial charge in [-0.25, -0.2) is 9.37 Å².